The van der Waals surface area contributed by atoms with Crippen molar-refractivity contribution in [2.75, 3.05) is 62.8 Å². The van der Waals surface area contributed by atoms with Crippen molar-refractivity contribution in [1.82, 2.24) is 24.4 Å². The number of methoxy groups -OCH3 is 1. The van der Waals surface area contributed by atoms with Crippen LogP contribution in [0.25, 0.3) is 17.0 Å². The van der Waals surface area contributed by atoms with Crippen molar-refractivity contribution in [3.8, 4) is 5.95 Å². The third kappa shape index (κ3) is 4.64. The van der Waals surface area contributed by atoms with Gasteiger partial charge in [0.1, 0.15) is 11.6 Å². The normalized spacial score (nSPS) is 18.2. The van der Waals surface area contributed by atoms with Gasteiger partial charge >= 0.3 is 6.09 Å². The van der Waals surface area contributed by atoms with Crippen LogP contribution in [0.15, 0.2) is 30.3 Å². The van der Waals surface area contributed by atoms with Crippen LogP contribution in [0.5, 0.6) is 0 Å². The summed E-state index contributed by atoms with van der Waals surface area (Å²) in [6.07, 6.45) is -3.18. The SMILES string of the molecule is COC(=O)N1CCN(c2cc(N3CCOC(C)(C)C3)nc(-n3c(C(F)F)nc4ccccc43)n2)CC1. The van der Waals surface area contributed by atoms with Crippen molar-refractivity contribution < 1.29 is 23.0 Å². The molecule has 0 saturated carbocycles. The van der Waals surface area contributed by atoms with Crippen LogP contribution < -0.4 is 9.80 Å². The highest BCUT2D eigenvalue weighted by Gasteiger charge is 2.31. The zero-order chi connectivity index (χ0) is 25.4. The number of morpholine rings is 1. The number of rotatable bonds is 4. The van der Waals surface area contributed by atoms with Gasteiger partial charge in [0.05, 0.1) is 30.4 Å². The molecule has 192 valence electrons. The molecule has 0 radical (unpaired) electrons. The van der Waals surface area contributed by atoms with Crippen LogP contribution >= 0.6 is 0 Å². The lowest BCUT2D eigenvalue weighted by Gasteiger charge is -2.39. The zero-order valence-electron chi connectivity index (χ0n) is 20.5. The van der Waals surface area contributed by atoms with Gasteiger partial charge in [0.25, 0.3) is 6.43 Å². The van der Waals surface area contributed by atoms with Crippen LogP contribution in [0.3, 0.4) is 0 Å². The Morgan fingerprint density at radius 3 is 2.39 bits per heavy atom. The average molecular weight is 502 g/mol. The maximum atomic E-state index is 14.1. The van der Waals surface area contributed by atoms with Crippen molar-refractivity contribution in [3.05, 3.63) is 36.2 Å². The smallest absolute Gasteiger partial charge is 0.409 e. The first-order chi connectivity index (χ1) is 17.3. The summed E-state index contributed by atoms with van der Waals surface area (Å²) in [6, 6.07) is 8.83. The third-order valence-corrected chi connectivity index (χ3v) is 6.46. The molecule has 5 rings (SSSR count). The molecule has 2 aliphatic heterocycles. The molecule has 36 heavy (non-hydrogen) atoms. The van der Waals surface area contributed by atoms with Gasteiger partial charge in [0.15, 0.2) is 5.82 Å². The number of benzene rings is 1. The molecule has 2 aliphatic rings. The third-order valence-electron chi connectivity index (χ3n) is 6.46. The minimum Gasteiger partial charge on any atom is -0.453 e. The first-order valence-corrected chi connectivity index (χ1v) is 11.9. The minimum absolute atomic E-state index is 0.131. The van der Waals surface area contributed by atoms with Crippen molar-refractivity contribution in [3.63, 3.8) is 0 Å². The van der Waals surface area contributed by atoms with E-state index in [1.165, 1.54) is 11.7 Å². The summed E-state index contributed by atoms with van der Waals surface area (Å²) in [4.78, 5) is 31.3. The molecule has 10 nitrogen and oxygen atoms in total. The Kier molecular flexibility index (Phi) is 6.37. The number of piperazine rings is 1. The van der Waals surface area contributed by atoms with E-state index in [4.69, 9.17) is 19.4 Å². The van der Waals surface area contributed by atoms with Crippen molar-refractivity contribution in [2.45, 2.75) is 25.9 Å². The quantitative estimate of drug-likeness (QED) is 0.538. The highest BCUT2D eigenvalue weighted by molar-refractivity contribution is 5.78. The van der Waals surface area contributed by atoms with Crippen molar-refractivity contribution in [1.29, 1.82) is 0 Å². The Labute approximate surface area is 207 Å². The Morgan fingerprint density at radius 2 is 1.72 bits per heavy atom. The van der Waals surface area contributed by atoms with Crippen LogP contribution in [-0.4, -0.2) is 89.1 Å². The summed E-state index contributed by atoms with van der Waals surface area (Å²) in [5, 5.41) is 0. The Hall–Kier alpha value is -3.54. The number of amides is 1. The first kappa shape index (κ1) is 24.2. The van der Waals surface area contributed by atoms with E-state index in [-0.39, 0.29) is 17.6 Å². The number of alkyl halides is 2. The predicted molar refractivity (Wildman–Crippen MR) is 130 cm³/mol. The molecular formula is C24H29F2N7O3. The van der Waals surface area contributed by atoms with E-state index in [0.29, 0.717) is 68.5 Å². The molecule has 3 aromatic rings. The molecule has 0 bridgehead atoms. The number of nitrogens with zero attached hydrogens (tertiary/aromatic N) is 7. The molecular weight excluding hydrogens is 472 g/mol. The average Bonchev–Trinajstić information content (AvgIpc) is 3.28. The molecule has 2 aromatic heterocycles. The molecule has 4 heterocycles. The van der Waals surface area contributed by atoms with Crippen LogP contribution in [0.1, 0.15) is 26.1 Å². The van der Waals surface area contributed by atoms with E-state index >= 15 is 0 Å². The van der Waals surface area contributed by atoms with Gasteiger partial charge in [-0.05, 0) is 26.0 Å². The molecule has 1 aromatic carbocycles. The van der Waals surface area contributed by atoms with E-state index in [1.807, 2.05) is 24.8 Å². The Morgan fingerprint density at radius 1 is 1.03 bits per heavy atom. The van der Waals surface area contributed by atoms with Crippen LogP contribution in [0.4, 0.5) is 25.2 Å². The van der Waals surface area contributed by atoms with Gasteiger partial charge in [-0.25, -0.2) is 18.6 Å². The van der Waals surface area contributed by atoms with E-state index in [0.717, 1.165) is 0 Å². The molecule has 0 atom stereocenters. The van der Waals surface area contributed by atoms with E-state index in [9.17, 15) is 13.6 Å². The summed E-state index contributed by atoms with van der Waals surface area (Å²) in [6.45, 7) is 7.70. The lowest BCUT2D eigenvalue weighted by atomic mass is 10.1. The fourth-order valence-corrected chi connectivity index (χ4v) is 4.69. The number of imidazole rings is 1. The van der Waals surface area contributed by atoms with Crippen LogP contribution in [0.2, 0.25) is 0 Å². The largest absolute Gasteiger partial charge is 0.453 e. The number of para-hydroxylation sites is 2. The molecule has 12 heteroatoms. The maximum absolute atomic E-state index is 14.1. The van der Waals surface area contributed by atoms with Gasteiger partial charge in [-0.3, -0.25) is 4.57 Å². The number of anilines is 2. The standard InChI is InChI=1S/C24H29F2N7O3/c1-24(2)15-32(12-13-36-24)19-14-18(30-8-10-31(11-9-30)23(34)35-3)28-22(29-19)33-17-7-5-4-6-16(17)27-21(33)20(25)26/h4-7,14,20H,8-13,15H2,1-3H3. The lowest BCUT2D eigenvalue weighted by molar-refractivity contribution is -0.0279. The summed E-state index contributed by atoms with van der Waals surface area (Å²) in [5.41, 5.74) is 0.571. The monoisotopic (exact) mass is 501 g/mol. The van der Waals surface area contributed by atoms with Gasteiger partial charge in [-0.1, -0.05) is 12.1 Å². The zero-order valence-corrected chi connectivity index (χ0v) is 20.5. The van der Waals surface area contributed by atoms with E-state index in [1.54, 1.807) is 29.2 Å². The number of hydrogen-bond acceptors (Lipinski definition) is 8. The number of hydrogen-bond donors (Lipinski definition) is 0. The van der Waals surface area contributed by atoms with Crippen LogP contribution in [0, 0.1) is 0 Å². The molecule has 2 saturated heterocycles. The maximum Gasteiger partial charge on any atom is 0.409 e. The molecule has 0 spiro atoms. The second-order valence-corrected chi connectivity index (χ2v) is 9.45. The fourth-order valence-electron chi connectivity index (χ4n) is 4.69. The summed E-state index contributed by atoms with van der Waals surface area (Å²) >= 11 is 0. The van der Waals surface area contributed by atoms with E-state index < -0.39 is 12.2 Å². The van der Waals surface area contributed by atoms with Gasteiger partial charge < -0.3 is 24.2 Å². The second-order valence-electron chi connectivity index (χ2n) is 9.45. The van der Waals surface area contributed by atoms with Crippen molar-refractivity contribution >= 4 is 28.8 Å². The highest BCUT2D eigenvalue weighted by Crippen LogP contribution is 2.30. The topological polar surface area (TPSA) is 88.9 Å². The summed E-state index contributed by atoms with van der Waals surface area (Å²) < 4.78 is 40.2. The van der Waals surface area contributed by atoms with Gasteiger partial charge in [0, 0.05) is 45.3 Å². The van der Waals surface area contributed by atoms with Crippen molar-refractivity contribution in [2.24, 2.45) is 0 Å². The number of carbonyl (C=O) groups excluding carboxylic acids is 1. The first-order valence-electron chi connectivity index (χ1n) is 11.9. The lowest BCUT2D eigenvalue weighted by Crippen LogP contribution is -2.50. The Balaban J connectivity index is 1.59. The molecule has 0 unspecified atom stereocenters. The Bertz CT molecular complexity index is 1260. The minimum atomic E-state index is -2.81. The summed E-state index contributed by atoms with van der Waals surface area (Å²) in [7, 11) is 1.36. The number of carbonyl (C=O) groups is 1. The van der Waals surface area contributed by atoms with Gasteiger partial charge in [0.2, 0.25) is 5.95 Å². The number of halogens is 2. The molecule has 0 aliphatic carbocycles. The number of aromatic nitrogens is 4. The highest BCUT2D eigenvalue weighted by atomic mass is 19.3. The van der Waals surface area contributed by atoms with Gasteiger partial charge in [-0.2, -0.15) is 9.97 Å². The van der Waals surface area contributed by atoms with Crippen LogP contribution in [-0.2, 0) is 9.47 Å². The molecule has 1 amide bonds. The molecule has 0 N–H and O–H groups in total. The second kappa shape index (κ2) is 9.49. The van der Waals surface area contributed by atoms with Gasteiger partial charge in [-0.15, -0.1) is 0 Å². The number of fused-ring (bicyclic) bond motifs is 1. The molecule has 2 fully saturated rings. The fraction of sp³-hybridized carbons (Fsp3) is 0.500. The van der Waals surface area contributed by atoms with E-state index in [2.05, 4.69) is 9.88 Å². The predicted octanol–water partition coefficient (Wildman–Crippen LogP) is 3.26. The summed E-state index contributed by atoms with van der Waals surface area (Å²) in [5.74, 6) is 0.949. The number of ether oxygens (including phenoxy) is 2.